The summed E-state index contributed by atoms with van der Waals surface area (Å²) in [7, 11) is 1.86. The minimum atomic E-state index is -0.156. The highest BCUT2D eigenvalue weighted by Crippen LogP contribution is 2.31. The second-order valence-electron chi connectivity index (χ2n) is 8.74. The predicted octanol–water partition coefficient (Wildman–Crippen LogP) is 3.96. The van der Waals surface area contributed by atoms with Crippen LogP contribution >= 0.6 is 0 Å². The number of carbonyl (C=O) groups is 2. The van der Waals surface area contributed by atoms with Crippen LogP contribution in [0, 0.1) is 0 Å². The van der Waals surface area contributed by atoms with Crippen molar-refractivity contribution in [1.82, 2.24) is 19.8 Å². The minimum absolute atomic E-state index is 0.0149. The van der Waals surface area contributed by atoms with Gasteiger partial charge in [0.15, 0.2) is 0 Å². The number of carbonyl (C=O) groups excluding carboxylic acids is 2. The maximum atomic E-state index is 13.5. The van der Waals surface area contributed by atoms with Crippen molar-refractivity contribution in [2.24, 2.45) is 0 Å². The first-order valence-corrected chi connectivity index (χ1v) is 11.7. The van der Waals surface area contributed by atoms with Gasteiger partial charge >= 0.3 is 0 Å². The topological polar surface area (TPSA) is 75.6 Å². The minimum Gasteiger partial charge on any atom is -0.487 e. The maximum absolute atomic E-state index is 13.5. The van der Waals surface area contributed by atoms with Crippen molar-refractivity contribution in [3.8, 4) is 5.75 Å². The van der Waals surface area contributed by atoms with Crippen LogP contribution in [0.1, 0.15) is 72.2 Å². The molecule has 0 radical (unpaired) electrons. The van der Waals surface area contributed by atoms with Crippen LogP contribution in [0.4, 0.5) is 0 Å². The molecule has 0 N–H and O–H groups in total. The van der Waals surface area contributed by atoms with E-state index in [1.165, 1.54) is 6.33 Å². The van der Waals surface area contributed by atoms with E-state index in [2.05, 4.69) is 9.97 Å². The molecule has 1 aromatic heterocycles. The van der Waals surface area contributed by atoms with E-state index in [1.807, 2.05) is 36.2 Å². The SMILES string of the molecule is CN1CCCCCCN(C(=O)c2ccncn2)[C@@H]2CCCC[C@@H]2Oc2ccccc2C1=O. The second-order valence-corrected chi connectivity index (χ2v) is 8.74. The third-order valence-electron chi connectivity index (χ3n) is 6.52. The molecule has 32 heavy (non-hydrogen) atoms. The molecule has 1 aliphatic carbocycles. The maximum Gasteiger partial charge on any atom is 0.272 e. The van der Waals surface area contributed by atoms with Crippen LogP contribution in [-0.4, -0.2) is 63.9 Å². The summed E-state index contributed by atoms with van der Waals surface area (Å²) in [5, 5.41) is 0. The van der Waals surface area contributed by atoms with Crippen molar-refractivity contribution in [1.29, 1.82) is 0 Å². The molecule has 2 aromatic rings. The Morgan fingerprint density at radius 2 is 1.78 bits per heavy atom. The molecule has 2 aliphatic rings. The summed E-state index contributed by atoms with van der Waals surface area (Å²) in [6.07, 6.45) is 10.6. The highest BCUT2D eigenvalue weighted by Gasteiger charge is 2.36. The number of ether oxygens (including phenoxy) is 1. The highest BCUT2D eigenvalue weighted by molar-refractivity contribution is 5.96. The van der Waals surface area contributed by atoms with Crippen LogP contribution in [0.3, 0.4) is 0 Å². The first-order valence-electron chi connectivity index (χ1n) is 11.7. The molecule has 0 unspecified atom stereocenters. The van der Waals surface area contributed by atoms with Gasteiger partial charge in [-0.3, -0.25) is 9.59 Å². The van der Waals surface area contributed by atoms with Gasteiger partial charge < -0.3 is 14.5 Å². The van der Waals surface area contributed by atoms with Crippen molar-refractivity contribution in [3.63, 3.8) is 0 Å². The summed E-state index contributed by atoms with van der Waals surface area (Å²) < 4.78 is 6.51. The number of hydrogen-bond donors (Lipinski definition) is 0. The Bertz CT molecular complexity index is 920. The summed E-state index contributed by atoms with van der Waals surface area (Å²) in [4.78, 5) is 38.5. The van der Waals surface area contributed by atoms with Crippen LogP contribution in [-0.2, 0) is 0 Å². The normalized spacial score (nSPS) is 22.8. The fraction of sp³-hybridized carbons (Fsp3) is 0.520. The lowest BCUT2D eigenvalue weighted by atomic mass is 9.90. The molecule has 7 nitrogen and oxygen atoms in total. The second kappa shape index (κ2) is 10.6. The fourth-order valence-electron chi connectivity index (χ4n) is 4.75. The summed E-state index contributed by atoms with van der Waals surface area (Å²) in [6.45, 7) is 1.40. The Hall–Kier alpha value is -2.96. The van der Waals surface area contributed by atoms with Gasteiger partial charge in [0.1, 0.15) is 23.9 Å². The number of aromatic nitrogens is 2. The van der Waals surface area contributed by atoms with E-state index in [9.17, 15) is 9.59 Å². The standard InChI is InChI=1S/C25H32N4O3/c1-28-16-8-2-3-9-17-29(25(31)20-14-15-26-18-27-20)21-11-5-7-13-23(21)32-22-12-6-4-10-19(22)24(28)30/h4,6,10,12,14-15,18,21,23H,2-3,5,7-9,11,13,16-17H2,1H3/t21-,23+/m1/s1. The number of amides is 2. The van der Waals surface area contributed by atoms with Gasteiger partial charge in [-0.05, 0) is 50.3 Å². The number of fused-ring (bicyclic) bond motifs is 2. The largest absolute Gasteiger partial charge is 0.487 e. The van der Waals surface area contributed by atoms with Gasteiger partial charge in [0.25, 0.3) is 11.8 Å². The molecule has 4 rings (SSSR count). The molecule has 0 bridgehead atoms. The summed E-state index contributed by atoms with van der Waals surface area (Å²) >= 11 is 0. The van der Waals surface area contributed by atoms with E-state index >= 15 is 0 Å². The summed E-state index contributed by atoms with van der Waals surface area (Å²) in [5.74, 6) is 0.524. The lowest BCUT2D eigenvalue weighted by Gasteiger charge is -2.40. The zero-order valence-corrected chi connectivity index (χ0v) is 18.8. The van der Waals surface area contributed by atoms with Crippen molar-refractivity contribution in [3.05, 3.63) is 54.1 Å². The Balaban J connectivity index is 1.67. The zero-order valence-electron chi connectivity index (χ0n) is 18.8. The number of hydrogen-bond acceptors (Lipinski definition) is 5. The van der Waals surface area contributed by atoms with Crippen LogP contribution in [0.25, 0.3) is 0 Å². The summed E-state index contributed by atoms with van der Waals surface area (Å²) in [5.41, 5.74) is 1.01. The van der Waals surface area contributed by atoms with Crippen LogP contribution in [0.2, 0.25) is 0 Å². The molecule has 1 aliphatic heterocycles. The lowest BCUT2D eigenvalue weighted by molar-refractivity contribution is 0.0263. The molecular formula is C25H32N4O3. The third kappa shape index (κ3) is 5.09. The first kappa shape index (κ1) is 22.2. The number of para-hydroxylation sites is 1. The van der Waals surface area contributed by atoms with Gasteiger partial charge in [0, 0.05) is 26.3 Å². The Kier molecular flexibility index (Phi) is 7.35. The molecule has 2 amide bonds. The van der Waals surface area contributed by atoms with Crippen molar-refractivity contribution >= 4 is 11.8 Å². The molecular weight excluding hydrogens is 404 g/mol. The lowest BCUT2D eigenvalue weighted by Crippen LogP contribution is -2.51. The number of nitrogens with zero attached hydrogens (tertiary/aromatic N) is 4. The molecule has 2 heterocycles. The van der Waals surface area contributed by atoms with Gasteiger partial charge in [-0.1, -0.05) is 31.4 Å². The van der Waals surface area contributed by atoms with Gasteiger partial charge in [0.05, 0.1) is 11.6 Å². The molecule has 7 heteroatoms. The van der Waals surface area contributed by atoms with E-state index in [-0.39, 0.29) is 24.0 Å². The van der Waals surface area contributed by atoms with E-state index in [4.69, 9.17) is 4.74 Å². The van der Waals surface area contributed by atoms with Gasteiger partial charge in [0.2, 0.25) is 0 Å². The molecule has 0 spiro atoms. The molecule has 170 valence electrons. The first-order chi connectivity index (χ1) is 15.6. The Morgan fingerprint density at radius 3 is 2.59 bits per heavy atom. The van der Waals surface area contributed by atoms with Crippen molar-refractivity contribution < 1.29 is 14.3 Å². The fourth-order valence-corrected chi connectivity index (χ4v) is 4.75. The van der Waals surface area contributed by atoms with E-state index in [0.717, 1.165) is 51.4 Å². The highest BCUT2D eigenvalue weighted by atomic mass is 16.5. The van der Waals surface area contributed by atoms with Gasteiger partial charge in [-0.15, -0.1) is 0 Å². The smallest absolute Gasteiger partial charge is 0.272 e. The molecule has 1 fully saturated rings. The Morgan fingerprint density at radius 1 is 1.00 bits per heavy atom. The van der Waals surface area contributed by atoms with Crippen molar-refractivity contribution in [2.45, 2.75) is 63.5 Å². The summed E-state index contributed by atoms with van der Waals surface area (Å²) in [6, 6.07) is 9.11. The number of rotatable bonds is 1. The molecule has 1 saturated carbocycles. The van der Waals surface area contributed by atoms with E-state index < -0.39 is 0 Å². The quantitative estimate of drug-likeness (QED) is 0.677. The Labute approximate surface area is 189 Å². The average Bonchev–Trinajstić information content (AvgIpc) is 2.84. The van der Waals surface area contributed by atoms with Crippen LogP contribution in [0.5, 0.6) is 5.75 Å². The predicted molar refractivity (Wildman–Crippen MR) is 122 cm³/mol. The van der Waals surface area contributed by atoms with Gasteiger partial charge in [-0.2, -0.15) is 0 Å². The monoisotopic (exact) mass is 436 g/mol. The van der Waals surface area contributed by atoms with E-state index in [1.54, 1.807) is 17.2 Å². The molecule has 0 saturated heterocycles. The zero-order chi connectivity index (χ0) is 22.3. The number of benzene rings is 1. The van der Waals surface area contributed by atoms with Crippen molar-refractivity contribution in [2.75, 3.05) is 20.1 Å². The van der Waals surface area contributed by atoms with Crippen LogP contribution < -0.4 is 4.74 Å². The van der Waals surface area contributed by atoms with Gasteiger partial charge in [-0.25, -0.2) is 9.97 Å². The molecule has 1 aromatic carbocycles. The average molecular weight is 437 g/mol. The van der Waals surface area contributed by atoms with E-state index in [0.29, 0.717) is 30.1 Å². The van der Waals surface area contributed by atoms with Crippen LogP contribution in [0.15, 0.2) is 42.9 Å². The molecule has 2 atom stereocenters. The third-order valence-corrected chi connectivity index (χ3v) is 6.52.